The van der Waals surface area contributed by atoms with Crippen LogP contribution in [0.5, 0.6) is 5.88 Å². The van der Waals surface area contributed by atoms with Gasteiger partial charge in [0.25, 0.3) is 0 Å². The summed E-state index contributed by atoms with van der Waals surface area (Å²) < 4.78 is 5.56. The molecule has 4 heteroatoms. The summed E-state index contributed by atoms with van der Waals surface area (Å²) in [5, 5.41) is 0.691. The highest BCUT2D eigenvalue weighted by molar-refractivity contribution is 6.30. The van der Waals surface area contributed by atoms with Crippen molar-refractivity contribution in [3.63, 3.8) is 0 Å². The van der Waals surface area contributed by atoms with Gasteiger partial charge in [-0.15, -0.1) is 0 Å². The second kappa shape index (κ2) is 5.06. The molecule has 0 aliphatic carbocycles. The molecule has 2 N–H and O–H groups in total. The van der Waals surface area contributed by atoms with Crippen LogP contribution < -0.4 is 10.5 Å². The van der Waals surface area contributed by atoms with Crippen LogP contribution in [0.1, 0.15) is 11.1 Å². The topological polar surface area (TPSA) is 48.1 Å². The Bertz CT molecular complexity index is 529. The fraction of sp³-hybridized carbons (Fsp3) is 0.154. The van der Waals surface area contributed by atoms with Gasteiger partial charge in [-0.3, -0.25) is 0 Å². The van der Waals surface area contributed by atoms with Gasteiger partial charge in [0, 0.05) is 11.2 Å². The summed E-state index contributed by atoms with van der Waals surface area (Å²) in [6.45, 7) is 2.32. The third-order valence-corrected chi connectivity index (χ3v) is 2.67. The van der Waals surface area contributed by atoms with Crippen LogP contribution in [0.2, 0.25) is 5.02 Å². The average molecular weight is 249 g/mol. The van der Waals surface area contributed by atoms with Gasteiger partial charge in [-0.05, 0) is 36.2 Å². The molecule has 3 nitrogen and oxygen atoms in total. The number of nitrogens with two attached hydrogens (primary N) is 1. The zero-order chi connectivity index (χ0) is 12.3. The highest BCUT2D eigenvalue weighted by Gasteiger charge is 2.04. The van der Waals surface area contributed by atoms with Gasteiger partial charge < -0.3 is 10.5 Å². The van der Waals surface area contributed by atoms with Crippen molar-refractivity contribution >= 4 is 17.3 Å². The van der Waals surface area contributed by atoms with E-state index >= 15 is 0 Å². The van der Waals surface area contributed by atoms with Crippen molar-refractivity contribution in [1.82, 2.24) is 4.98 Å². The molecular formula is C13H13ClN2O. The van der Waals surface area contributed by atoms with Gasteiger partial charge in [-0.1, -0.05) is 23.7 Å². The number of pyridine rings is 1. The molecule has 2 aromatic rings. The van der Waals surface area contributed by atoms with E-state index in [2.05, 4.69) is 4.98 Å². The first kappa shape index (κ1) is 11.7. The van der Waals surface area contributed by atoms with E-state index in [0.29, 0.717) is 23.2 Å². The van der Waals surface area contributed by atoms with Crippen LogP contribution >= 0.6 is 11.6 Å². The molecule has 0 fully saturated rings. The Morgan fingerprint density at radius 2 is 2.18 bits per heavy atom. The molecule has 0 aliphatic heterocycles. The van der Waals surface area contributed by atoms with Crippen LogP contribution in [0.4, 0.5) is 5.69 Å². The van der Waals surface area contributed by atoms with Crippen molar-refractivity contribution < 1.29 is 4.74 Å². The van der Waals surface area contributed by atoms with E-state index in [9.17, 15) is 0 Å². The van der Waals surface area contributed by atoms with Gasteiger partial charge in [-0.2, -0.15) is 0 Å². The molecule has 0 atom stereocenters. The lowest BCUT2D eigenvalue weighted by Crippen LogP contribution is -2.02. The minimum absolute atomic E-state index is 0.404. The second-order valence-corrected chi connectivity index (χ2v) is 4.20. The molecule has 0 unspecified atom stereocenters. The monoisotopic (exact) mass is 248 g/mol. The number of nitrogens with zero attached hydrogens (tertiary/aromatic N) is 1. The quantitative estimate of drug-likeness (QED) is 0.907. The lowest BCUT2D eigenvalue weighted by atomic mass is 10.2. The Hall–Kier alpha value is -1.74. The summed E-state index contributed by atoms with van der Waals surface area (Å²) in [6.07, 6.45) is 1.68. The molecule has 0 spiro atoms. The minimum Gasteiger partial charge on any atom is -0.471 e. The largest absolute Gasteiger partial charge is 0.471 e. The Balaban J connectivity index is 2.10. The van der Waals surface area contributed by atoms with Crippen molar-refractivity contribution in [2.75, 3.05) is 5.73 Å². The fourth-order valence-electron chi connectivity index (χ4n) is 1.44. The molecule has 1 aromatic carbocycles. The third kappa shape index (κ3) is 2.88. The van der Waals surface area contributed by atoms with Crippen LogP contribution in [0, 0.1) is 6.92 Å². The number of nitrogen functional groups attached to an aromatic ring is 1. The summed E-state index contributed by atoms with van der Waals surface area (Å²) in [5.74, 6) is 0.463. The van der Waals surface area contributed by atoms with Gasteiger partial charge in [0.2, 0.25) is 5.88 Å². The predicted molar refractivity (Wildman–Crippen MR) is 69.2 cm³/mol. The number of anilines is 1. The molecule has 0 aliphatic rings. The number of aryl methyl sites for hydroxylation is 1. The van der Waals surface area contributed by atoms with E-state index < -0.39 is 0 Å². The van der Waals surface area contributed by atoms with Gasteiger partial charge in [0.1, 0.15) is 6.61 Å². The summed E-state index contributed by atoms with van der Waals surface area (Å²) in [5.41, 5.74) is 8.39. The van der Waals surface area contributed by atoms with Crippen LogP contribution in [0.3, 0.4) is 0 Å². The summed E-state index contributed by atoms with van der Waals surface area (Å²) in [7, 11) is 0. The number of hydrogen-bond acceptors (Lipinski definition) is 3. The van der Waals surface area contributed by atoms with Gasteiger partial charge in [-0.25, -0.2) is 4.98 Å². The number of ether oxygens (including phenoxy) is 1. The SMILES string of the molecule is Cc1ccnc(OCc2cccc(Cl)c2)c1N. The molecule has 17 heavy (non-hydrogen) atoms. The van der Waals surface area contributed by atoms with E-state index in [-0.39, 0.29) is 0 Å². The molecule has 88 valence electrons. The Kier molecular flexibility index (Phi) is 3.49. The van der Waals surface area contributed by atoms with E-state index in [1.165, 1.54) is 0 Å². The minimum atomic E-state index is 0.404. The Labute approximate surface area is 105 Å². The fourth-order valence-corrected chi connectivity index (χ4v) is 1.65. The normalized spacial score (nSPS) is 10.2. The lowest BCUT2D eigenvalue weighted by Gasteiger charge is -2.09. The maximum atomic E-state index is 5.89. The average Bonchev–Trinajstić information content (AvgIpc) is 2.31. The van der Waals surface area contributed by atoms with Crippen molar-refractivity contribution in [1.29, 1.82) is 0 Å². The molecule has 1 aromatic heterocycles. The van der Waals surface area contributed by atoms with Crippen molar-refractivity contribution in [3.8, 4) is 5.88 Å². The van der Waals surface area contributed by atoms with Gasteiger partial charge in [0.15, 0.2) is 0 Å². The van der Waals surface area contributed by atoms with E-state index in [0.717, 1.165) is 11.1 Å². The predicted octanol–water partition coefficient (Wildman–Crippen LogP) is 3.20. The standard InChI is InChI=1S/C13H13ClN2O/c1-9-5-6-16-13(12(9)15)17-8-10-3-2-4-11(14)7-10/h2-7H,8,15H2,1H3. The van der Waals surface area contributed by atoms with Crippen molar-refractivity contribution in [2.24, 2.45) is 0 Å². The molecule has 2 rings (SSSR count). The maximum Gasteiger partial charge on any atom is 0.237 e. The lowest BCUT2D eigenvalue weighted by molar-refractivity contribution is 0.295. The molecule has 0 bridgehead atoms. The smallest absolute Gasteiger partial charge is 0.237 e. The Morgan fingerprint density at radius 3 is 2.94 bits per heavy atom. The summed E-state index contributed by atoms with van der Waals surface area (Å²) >= 11 is 5.89. The molecular weight excluding hydrogens is 236 g/mol. The van der Waals surface area contributed by atoms with Crippen LogP contribution in [-0.2, 0) is 6.61 Å². The number of rotatable bonds is 3. The zero-order valence-corrected chi connectivity index (χ0v) is 10.2. The first-order valence-corrected chi connectivity index (χ1v) is 5.63. The molecule has 0 saturated heterocycles. The third-order valence-electron chi connectivity index (χ3n) is 2.44. The van der Waals surface area contributed by atoms with Crippen molar-refractivity contribution in [2.45, 2.75) is 13.5 Å². The van der Waals surface area contributed by atoms with Crippen molar-refractivity contribution in [3.05, 3.63) is 52.7 Å². The zero-order valence-electron chi connectivity index (χ0n) is 9.48. The highest BCUT2D eigenvalue weighted by Crippen LogP contribution is 2.22. The first-order valence-electron chi connectivity index (χ1n) is 5.25. The van der Waals surface area contributed by atoms with Crippen LogP contribution in [0.25, 0.3) is 0 Å². The number of hydrogen-bond donors (Lipinski definition) is 1. The molecule has 0 saturated carbocycles. The second-order valence-electron chi connectivity index (χ2n) is 3.77. The Morgan fingerprint density at radius 1 is 1.35 bits per heavy atom. The van der Waals surface area contributed by atoms with E-state index in [1.54, 1.807) is 6.20 Å². The van der Waals surface area contributed by atoms with Crippen LogP contribution in [0.15, 0.2) is 36.5 Å². The summed E-state index contributed by atoms with van der Waals surface area (Å²) in [6, 6.07) is 9.35. The number of aromatic nitrogens is 1. The number of benzene rings is 1. The van der Waals surface area contributed by atoms with Crippen LogP contribution in [-0.4, -0.2) is 4.98 Å². The summed E-state index contributed by atoms with van der Waals surface area (Å²) in [4.78, 5) is 4.10. The van der Waals surface area contributed by atoms with E-state index in [4.69, 9.17) is 22.1 Å². The van der Waals surface area contributed by atoms with Gasteiger partial charge >= 0.3 is 0 Å². The highest BCUT2D eigenvalue weighted by atomic mass is 35.5. The molecule has 0 radical (unpaired) electrons. The number of halogens is 1. The van der Waals surface area contributed by atoms with E-state index in [1.807, 2.05) is 37.3 Å². The molecule has 0 amide bonds. The maximum absolute atomic E-state index is 5.89. The first-order chi connectivity index (χ1) is 8.16. The molecule has 1 heterocycles. The van der Waals surface area contributed by atoms with Gasteiger partial charge in [0.05, 0.1) is 5.69 Å².